The van der Waals surface area contributed by atoms with Crippen molar-refractivity contribution in [2.75, 3.05) is 12.4 Å². The fourth-order valence-corrected chi connectivity index (χ4v) is 2.82. The number of nitrogens with zero attached hydrogens (tertiary/aromatic N) is 1. The van der Waals surface area contributed by atoms with Crippen LogP contribution in [0, 0.1) is 18.3 Å². The number of nitriles is 1. The van der Waals surface area contributed by atoms with E-state index in [2.05, 4.69) is 29.2 Å². The summed E-state index contributed by atoms with van der Waals surface area (Å²) in [5.74, 6) is -0.618. The van der Waals surface area contributed by atoms with Crippen molar-refractivity contribution in [3.63, 3.8) is 0 Å². The van der Waals surface area contributed by atoms with Crippen LogP contribution in [-0.2, 0) is 16.1 Å². The number of aryl methyl sites for hydroxylation is 1. The maximum Gasteiger partial charge on any atom is 0.337 e. The Morgan fingerprint density at radius 3 is 2.45 bits per heavy atom. The Morgan fingerprint density at radius 2 is 1.86 bits per heavy atom. The zero-order valence-electron chi connectivity index (χ0n) is 17.1. The molecule has 150 valence electrons. The topological polar surface area (TPSA) is 91.2 Å². The van der Waals surface area contributed by atoms with Gasteiger partial charge in [0.25, 0.3) is 5.91 Å². The standard InChI is InChI=1S/C23H25N3O3/c1-15(2)20-7-5-6-16(3)21(20)26-22(27)19(12-24)14-25-13-17-8-10-18(11-9-17)23(28)29-4/h5-11,14-15,25H,13H2,1-4H3,(H,26,27)/b19-14-. The second kappa shape index (κ2) is 10.1. The number of para-hydroxylation sites is 1. The van der Waals surface area contributed by atoms with Crippen molar-refractivity contribution in [1.29, 1.82) is 5.26 Å². The largest absolute Gasteiger partial charge is 0.465 e. The molecule has 2 N–H and O–H groups in total. The van der Waals surface area contributed by atoms with E-state index in [1.54, 1.807) is 24.3 Å². The molecule has 0 unspecified atom stereocenters. The van der Waals surface area contributed by atoms with Gasteiger partial charge in [0.05, 0.1) is 12.7 Å². The Kier molecular flexibility index (Phi) is 7.55. The number of hydrogen-bond acceptors (Lipinski definition) is 5. The lowest BCUT2D eigenvalue weighted by Crippen LogP contribution is -2.18. The third-order valence-corrected chi connectivity index (χ3v) is 4.46. The second-order valence-corrected chi connectivity index (χ2v) is 6.89. The molecule has 0 saturated heterocycles. The van der Waals surface area contributed by atoms with Crippen LogP contribution in [0.15, 0.2) is 54.2 Å². The van der Waals surface area contributed by atoms with Crippen molar-refractivity contribution in [3.8, 4) is 6.07 Å². The molecule has 6 nitrogen and oxygen atoms in total. The molecule has 0 aromatic heterocycles. The van der Waals surface area contributed by atoms with Gasteiger partial charge in [-0.15, -0.1) is 0 Å². The van der Waals surface area contributed by atoms with E-state index in [4.69, 9.17) is 0 Å². The molecule has 0 spiro atoms. The van der Waals surface area contributed by atoms with E-state index < -0.39 is 11.9 Å². The molecule has 2 aromatic rings. The maximum absolute atomic E-state index is 12.6. The second-order valence-electron chi connectivity index (χ2n) is 6.89. The summed E-state index contributed by atoms with van der Waals surface area (Å²) in [6.45, 7) is 6.44. The Morgan fingerprint density at radius 1 is 1.17 bits per heavy atom. The van der Waals surface area contributed by atoms with Crippen LogP contribution in [0.2, 0.25) is 0 Å². The summed E-state index contributed by atoms with van der Waals surface area (Å²) in [6.07, 6.45) is 1.40. The summed E-state index contributed by atoms with van der Waals surface area (Å²) >= 11 is 0. The molecule has 0 atom stereocenters. The Labute approximate surface area is 171 Å². The van der Waals surface area contributed by atoms with Crippen molar-refractivity contribution in [2.45, 2.75) is 33.2 Å². The molecule has 0 radical (unpaired) electrons. The molecule has 2 rings (SSSR count). The van der Waals surface area contributed by atoms with Crippen LogP contribution >= 0.6 is 0 Å². The number of benzene rings is 2. The molecule has 0 heterocycles. The third kappa shape index (κ3) is 5.69. The lowest BCUT2D eigenvalue weighted by Gasteiger charge is -2.16. The van der Waals surface area contributed by atoms with Crippen LogP contribution in [0.1, 0.15) is 46.8 Å². The summed E-state index contributed by atoms with van der Waals surface area (Å²) in [5, 5.41) is 15.2. The van der Waals surface area contributed by atoms with Crippen molar-refractivity contribution < 1.29 is 14.3 Å². The summed E-state index contributed by atoms with van der Waals surface area (Å²) in [6, 6.07) is 14.7. The minimum atomic E-state index is -0.461. The highest BCUT2D eigenvalue weighted by Gasteiger charge is 2.15. The smallest absolute Gasteiger partial charge is 0.337 e. The SMILES string of the molecule is COC(=O)c1ccc(CN/C=C(/C#N)C(=O)Nc2c(C)cccc2C(C)C)cc1. The Hall–Kier alpha value is -3.59. The highest BCUT2D eigenvalue weighted by atomic mass is 16.5. The molecule has 0 bridgehead atoms. The first kappa shape index (κ1) is 21.7. The fourth-order valence-electron chi connectivity index (χ4n) is 2.82. The molecule has 0 saturated carbocycles. The maximum atomic E-state index is 12.6. The Bertz CT molecular complexity index is 954. The molecule has 1 amide bonds. The van der Waals surface area contributed by atoms with Crippen LogP contribution in [0.5, 0.6) is 0 Å². The van der Waals surface area contributed by atoms with Gasteiger partial charge >= 0.3 is 5.97 Å². The lowest BCUT2D eigenvalue weighted by atomic mass is 9.98. The quantitative estimate of drug-likeness (QED) is 0.422. The lowest BCUT2D eigenvalue weighted by molar-refractivity contribution is -0.112. The molecule has 0 fully saturated rings. The van der Waals surface area contributed by atoms with Crippen LogP contribution in [-0.4, -0.2) is 19.0 Å². The van der Waals surface area contributed by atoms with Gasteiger partial charge in [0.2, 0.25) is 0 Å². The number of nitrogens with one attached hydrogen (secondary N) is 2. The monoisotopic (exact) mass is 391 g/mol. The highest BCUT2D eigenvalue weighted by molar-refractivity contribution is 6.07. The molecule has 0 aliphatic rings. The number of methoxy groups -OCH3 is 1. The number of carbonyl (C=O) groups excluding carboxylic acids is 2. The number of carbonyl (C=O) groups is 2. The minimum Gasteiger partial charge on any atom is -0.465 e. The number of anilines is 1. The predicted molar refractivity (Wildman–Crippen MR) is 112 cm³/mol. The van der Waals surface area contributed by atoms with Crippen LogP contribution in [0.25, 0.3) is 0 Å². The summed E-state index contributed by atoms with van der Waals surface area (Å²) < 4.78 is 4.67. The van der Waals surface area contributed by atoms with E-state index in [-0.39, 0.29) is 11.5 Å². The third-order valence-electron chi connectivity index (χ3n) is 4.46. The van der Waals surface area contributed by atoms with E-state index >= 15 is 0 Å². The molecular weight excluding hydrogens is 366 g/mol. The van der Waals surface area contributed by atoms with E-state index in [1.807, 2.05) is 31.2 Å². The van der Waals surface area contributed by atoms with Crippen LogP contribution in [0.3, 0.4) is 0 Å². The van der Waals surface area contributed by atoms with Gasteiger partial charge in [-0.25, -0.2) is 4.79 Å². The van der Waals surface area contributed by atoms with E-state index in [0.717, 1.165) is 22.4 Å². The first-order valence-corrected chi connectivity index (χ1v) is 9.29. The number of ether oxygens (including phenoxy) is 1. The highest BCUT2D eigenvalue weighted by Crippen LogP contribution is 2.27. The van der Waals surface area contributed by atoms with Crippen LogP contribution in [0.4, 0.5) is 5.69 Å². The predicted octanol–water partition coefficient (Wildman–Crippen LogP) is 4.04. The van der Waals surface area contributed by atoms with Gasteiger partial charge < -0.3 is 15.4 Å². The summed E-state index contributed by atoms with van der Waals surface area (Å²) in [7, 11) is 1.33. The number of esters is 1. The van der Waals surface area contributed by atoms with Gasteiger partial charge in [-0.3, -0.25) is 4.79 Å². The van der Waals surface area contributed by atoms with Crippen molar-refractivity contribution >= 4 is 17.6 Å². The molecule has 29 heavy (non-hydrogen) atoms. The van der Waals surface area contributed by atoms with Crippen molar-refractivity contribution in [1.82, 2.24) is 5.32 Å². The average Bonchev–Trinajstić information content (AvgIpc) is 2.72. The summed E-state index contributed by atoms with van der Waals surface area (Å²) in [4.78, 5) is 24.0. The van der Waals surface area contributed by atoms with Gasteiger partial charge in [-0.05, 0) is 41.7 Å². The number of hydrogen-bond donors (Lipinski definition) is 2. The average molecular weight is 391 g/mol. The molecule has 0 aliphatic carbocycles. The number of amides is 1. The van der Waals surface area contributed by atoms with Crippen LogP contribution < -0.4 is 10.6 Å². The zero-order chi connectivity index (χ0) is 21.4. The van der Waals surface area contributed by atoms with Crippen molar-refractivity contribution in [2.24, 2.45) is 0 Å². The van der Waals surface area contributed by atoms with Gasteiger partial charge in [0, 0.05) is 18.4 Å². The van der Waals surface area contributed by atoms with Gasteiger partial charge in [0.15, 0.2) is 0 Å². The summed E-state index contributed by atoms with van der Waals surface area (Å²) in [5.41, 5.74) is 4.05. The Balaban J connectivity index is 2.06. The van der Waals surface area contributed by atoms with Gasteiger partial charge in [-0.1, -0.05) is 44.2 Å². The first-order chi connectivity index (χ1) is 13.9. The van der Waals surface area contributed by atoms with E-state index in [1.165, 1.54) is 13.3 Å². The minimum absolute atomic E-state index is 0.0193. The van der Waals surface area contributed by atoms with E-state index in [0.29, 0.717) is 12.1 Å². The van der Waals surface area contributed by atoms with Crippen molar-refractivity contribution in [3.05, 3.63) is 76.5 Å². The molecular formula is C23H25N3O3. The zero-order valence-corrected chi connectivity index (χ0v) is 17.1. The van der Waals surface area contributed by atoms with Gasteiger partial charge in [0.1, 0.15) is 11.6 Å². The normalized spacial score (nSPS) is 11.0. The van der Waals surface area contributed by atoms with Gasteiger partial charge in [-0.2, -0.15) is 5.26 Å². The molecule has 2 aromatic carbocycles. The molecule has 6 heteroatoms. The first-order valence-electron chi connectivity index (χ1n) is 9.29. The molecule has 0 aliphatic heterocycles. The number of rotatable bonds is 7. The fraction of sp³-hybridized carbons (Fsp3) is 0.261. The van der Waals surface area contributed by atoms with E-state index in [9.17, 15) is 14.9 Å².